The van der Waals surface area contributed by atoms with Crippen LogP contribution in [0.3, 0.4) is 0 Å². The molecule has 0 aromatic rings. The highest BCUT2D eigenvalue weighted by Crippen LogP contribution is 2.58. The lowest BCUT2D eigenvalue weighted by Crippen LogP contribution is -2.16. The molecule has 0 heterocycles. The molecule has 1 rings (SSSR count). The molecule has 1 aliphatic carbocycles. The van der Waals surface area contributed by atoms with Gasteiger partial charge < -0.3 is 10.2 Å². The molecule has 1 unspecified atom stereocenters. The molecular formula is C6H9FO2. The fourth-order valence-electron chi connectivity index (χ4n) is 0.762. The predicted octanol–water partition coefficient (Wildman–Crippen LogP) is 0.560. The first-order chi connectivity index (χ1) is 3.90. The first kappa shape index (κ1) is 6.71. The number of rotatable bonds is 1. The van der Waals surface area contributed by atoms with Gasteiger partial charge in [-0.1, -0.05) is 6.58 Å². The number of hydrogen-bond donors (Lipinski definition) is 2. The second-order valence-corrected chi connectivity index (χ2v) is 2.73. The maximum absolute atomic E-state index is 12.3. The smallest absolute Gasteiger partial charge is 0.175 e. The molecule has 1 aliphatic rings. The fraction of sp³-hybridized carbons (Fsp3) is 0.667. The average molecular weight is 132 g/mol. The van der Waals surface area contributed by atoms with Crippen molar-refractivity contribution in [3.63, 3.8) is 0 Å². The number of aliphatic hydroxyl groups is 2. The van der Waals surface area contributed by atoms with Gasteiger partial charge in [-0.05, 0) is 6.92 Å². The summed E-state index contributed by atoms with van der Waals surface area (Å²) in [5.74, 6) is -2.51. The van der Waals surface area contributed by atoms with E-state index in [1.807, 2.05) is 0 Å². The molecule has 0 aliphatic heterocycles. The molecule has 0 aromatic heterocycles. The summed E-state index contributed by atoms with van der Waals surface area (Å²) in [6.07, 6.45) is 0.0509. The maximum Gasteiger partial charge on any atom is 0.175 e. The Hall–Kier alpha value is -0.410. The summed E-state index contributed by atoms with van der Waals surface area (Å²) >= 11 is 0. The van der Waals surface area contributed by atoms with Crippen molar-refractivity contribution in [3.8, 4) is 0 Å². The Labute approximate surface area is 52.6 Å². The molecular weight excluding hydrogens is 123 g/mol. The third-order valence-corrected chi connectivity index (χ3v) is 1.96. The predicted molar refractivity (Wildman–Crippen MR) is 30.1 cm³/mol. The van der Waals surface area contributed by atoms with Gasteiger partial charge in [0.15, 0.2) is 5.79 Å². The molecule has 0 bridgehead atoms. The summed E-state index contributed by atoms with van der Waals surface area (Å²) < 4.78 is 12.3. The summed E-state index contributed by atoms with van der Waals surface area (Å²) in [5, 5.41) is 17.6. The van der Waals surface area contributed by atoms with E-state index in [1.165, 1.54) is 6.92 Å². The van der Waals surface area contributed by atoms with Gasteiger partial charge in [-0.15, -0.1) is 0 Å². The van der Waals surface area contributed by atoms with Gasteiger partial charge >= 0.3 is 0 Å². The van der Waals surface area contributed by atoms with Crippen LogP contribution in [-0.4, -0.2) is 16.0 Å². The van der Waals surface area contributed by atoms with Crippen molar-refractivity contribution in [3.05, 3.63) is 12.4 Å². The molecule has 0 saturated heterocycles. The molecule has 0 radical (unpaired) electrons. The van der Waals surface area contributed by atoms with Crippen molar-refractivity contribution in [2.45, 2.75) is 19.1 Å². The van der Waals surface area contributed by atoms with E-state index < -0.39 is 17.0 Å². The lowest BCUT2D eigenvalue weighted by atomic mass is 10.1. The Balaban J connectivity index is 2.74. The average Bonchev–Trinajstić information content (AvgIpc) is 2.08. The third-order valence-electron chi connectivity index (χ3n) is 1.96. The van der Waals surface area contributed by atoms with E-state index in [-0.39, 0.29) is 6.42 Å². The fourth-order valence-corrected chi connectivity index (χ4v) is 0.762. The first-order valence-corrected chi connectivity index (χ1v) is 2.70. The normalized spacial score (nSPS) is 38.2. The van der Waals surface area contributed by atoms with Crippen LogP contribution in [0.15, 0.2) is 12.4 Å². The monoisotopic (exact) mass is 132 g/mol. The van der Waals surface area contributed by atoms with E-state index in [9.17, 15) is 4.39 Å². The lowest BCUT2D eigenvalue weighted by molar-refractivity contribution is -0.0964. The first-order valence-electron chi connectivity index (χ1n) is 2.70. The van der Waals surface area contributed by atoms with Crippen LogP contribution in [0.25, 0.3) is 0 Å². The van der Waals surface area contributed by atoms with Crippen LogP contribution in [-0.2, 0) is 0 Å². The van der Waals surface area contributed by atoms with Gasteiger partial charge in [0.25, 0.3) is 0 Å². The van der Waals surface area contributed by atoms with E-state index in [0.29, 0.717) is 0 Å². The van der Waals surface area contributed by atoms with Crippen molar-refractivity contribution in [1.82, 2.24) is 0 Å². The van der Waals surface area contributed by atoms with Crippen LogP contribution in [0.4, 0.5) is 4.39 Å². The molecule has 0 aromatic carbocycles. The Kier molecular flexibility index (Phi) is 1.01. The second-order valence-electron chi connectivity index (χ2n) is 2.73. The minimum Gasteiger partial charge on any atom is -0.365 e. The van der Waals surface area contributed by atoms with Crippen LogP contribution in [0.2, 0.25) is 0 Å². The van der Waals surface area contributed by atoms with E-state index in [4.69, 9.17) is 10.2 Å². The standard InChI is InChI=1S/C6H9FO2/c1-4(7)5(2)3-6(5,8)9/h8-9H,1,3H2,2H3. The van der Waals surface area contributed by atoms with Gasteiger partial charge in [0, 0.05) is 6.42 Å². The lowest BCUT2D eigenvalue weighted by Gasteiger charge is -2.07. The van der Waals surface area contributed by atoms with Crippen molar-refractivity contribution in [2.75, 3.05) is 0 Å². The molecule has 2 nitrogen and oxygen atoms in total. The molecule has 1 fully saturated rings. The zero-order chi connectivity index (χ0) is 7.28. The van der Waals surface area contributed by atoms with Gasteiger partial charge in [0.2, 0.25) is 0 Å². The minimum atomic E-state index is -1.85. The Morgan fingerprint density at radius 3 is 2.00 bits per heavy atom. The molecule has 52 valence electrons. The third kappa shape index (κ3) is 0.686. The number of hydrogen-bond acceptors (Lipinski definition) is 2. The van der Waals surface area contributed by atoms with Gasteiger partial charge in [0.1, 0.15) is 5.83 Å². The summed E-state index contributed by atoms with van der Waals surface area (Å²) in [6.45, 7) is 4.42. The molecule has 1 saturated carbocycles. The summed E-state index contributed by atoms with van der Waals surface area (Å²) in [6, 6.07) is 0. The molecule has 0 amide bonds. The summed E-state index contributed by atoms with van der Waals surface area (Å²) in [7, 11) is 0. The zero-order valence-electron chi connectivity index (χ0n) is 5.19. The van der Waals surface area contributed by atoms with Gasteiger partial charge in [0.05, 0.1) is 5.41 Å². The Bertz CT molecular complexity index is 164. The largest absolute Gasteiger partial charge is 0.365 e. The quantitative estimate of drug-likeness (QED) is 0.512. The van der Waals surface area contributed by atoms with Crippen LogP contribution in [0.1, 0.15) is 13.3 Å². The Morgan fingerprint density at radius 1 is 1.67 bits per heavy atom. The second kappa shape index (κ2) is 1.36. The van der Waals surface area contributed by atoms with Crippen molar-refractivity contribution in [2.24, 2.45) is 5.41 Å². The van der Waals surface area contributed by atoms with Crippen molar-refractivity contribution < 1.29 is 14.6 Å². The highest BCUT2D eigenvalue weighted by atomic mass is 19.1. The van der Waals surface area contributed by atoms with E-state index in [2.05, 4.69) is 6.58 Å². The molecule has 1 atom stereocenters. The van der Waals surface area contributed by atoms with Crippen LogP contribution >= 0.6 is 0 Å². The minimum absolute atomic E-state index is 0.0509. The molecule has 2 N–H and O–H groups in total. The van der Waals surface area contributed by atoms with Crippen LogP contribution in [0, 0.1) is 5.41 Å². The van der Waals surface area contributed by atoms with E-state index >= 15 is 0 Å². The highest BCUT2D eigenvalue weighted by Gasteiger charge is 2.65. The van der Waals surface area contributed by atoms with Crippen LogP contribution < -0.4 is 0 Å². The molecule has 0 spiro atoms. The zero-order valence-corrected chi connectivity index (χ0v) is 5.19. The van der Waals surface area contributed by atoms with Gasteiger partial charge in [-0.25, -0.2) is 4.39 Å². The summed E-state index contributed by atoms with van der Waals surface area (Å²) in [5.41, 5.74) is -1.10. The SMILES string of the molecule is C=C(F)C1(C)CC1(O)O. The van der Waals surface area contributed by atoms with Crippen LogP contribution in [0.5, 0.6) is 0 Å². The maximum atomic E-state index is 12.3. The topological polar surface area (TPSA) is 40.5 Å². The van der Waals surface area contributed by atoms with Gasteiger partial charge in [-0.3, -0.25) is 0 Å². The molecule has 3 heteroatoms. The molecule has 9 heavy (non-hydrogen) atoms. The Morgan fingerprint density at radius 2 is 2.00 bits per heavy atom. The number of halogens is 1. The van der Waals surface area contributed by atoms with Crippen molar-refractivity contribution in [1.29, 1.82) is 0 Å². The summed E-state index contributed by atoms with van der Waals surface area (Å²) in [4.78, 5) is 0. The van der Waals surface area contributed by atoms with E-state index in [1.54, 1.807) is 0 Å². The highest BCUT2D eigenvalue weighted by molar-refractivity contribution is 5.20. The van der Waals surface area contributed by atoms with Gasteiger partial charge in [-0.2, -0.15) is 0 Å². The van der Waals surface area contributed by atoms with Crippen molar-refractivity contribution >= 4 is 0 Å². The van der Waals surface area contributed by atoms with E-state index in [0.717, 1.165) is 0 Å².